The molecule has 1 aliphatic rings. The molecule has 1 aromatic rings. The fourth-order valence-corrected chi connectivity index (χ4v) is 2.42. The van der Waals surface area contributed by atoms with Crippen molar-refractivity contribution in [2.75, 3.05) is 25.5 Å². The summed E-state index contributed by atoms with van der Waals surface area (Å²) in [6.45, 7) is 3.62. The van der Waals surface area contributed by atoms with E-state index in [1.54, 1.807) is 18.0 Å². The Morgan fingerprint density at radius 1 is 1.50 bits per heavy atom. The smallest absolute Gasteiger partial charge is 0.272 e. The molecule has 0 saturated heterocycles. The van der Waals surface area contributed by atoms with Crippen molar-refractivity contribution in [2.45, 2.75) is 32.3 Å². The van der Waals surface area contributed by atoms with E-state index in [1.165, 1.54) is 0 Å². The third-order valence-electron chi connectivity index (χ3n) is 3.61. The molecule has 1 fully saturated rings. The summed E-state index contributed by atoms with van der Waals surface area (Å²) in [4.78, 5) is 18.3. The molecule has 1 aromatic heterocycles. The number of aliphatic hydroxyl groups is 1. The van der Waals surface area contributed by atoms with Crippen molar-refractivity contribution in [3.63, 3.8) is 0 Å². The highest BCUT2D eigenvalue weighted by Gasteiger charge is 2.29. The average Bonchev–Trinajstić information content (AvgIpc) is 2.42. The Morgan fingerprint density at radius 3 is 2.90 bits per heavy atom. The molecular formula is C15H23N3O2. The maximum Gasteiger partial charge on any atom is 0.272 e. The number of pyridine rings is 1. The van der Waals surface area contributed by atoms with Crippen molar-refractivity contribution in [3.8, 4) is 0 Å². The molecule has 1 amide bonds. The van der Waals surface area contributed by atoms with Crippen LogP contribution in [0.15, 0.2) is 18.2 Å². The number of anilines is 1. The summed E-state index contributed by atoms with van der Waals surface area (Å²) in [5.41, 5.74) is 0.466. The zero-order valence-electron chi connectivity index (χ0n) is 12.2. The quantitative estimate of drug-likeness (QED) is 0.831. The zero-order chi connectivity index (χ0) is 14.5. The molecule has 2 rings (SSSR count). The van der Waals surface area contributed by atoms with Crippen LogP contribution in [-0.2, 0) is 0 Å². The van der Waals surface area contributed by atoms with E-state index >= 15 is 0 Å². The van der Waals surface area contributed by atoms with Crippen molar-refractivity contribution in [3.05, 3.63) is 23.9 Å². The Balaban J connectivity index is 1.93. The van der Waals surface area contributed by atoms with E-state index in [4.69, 9.17) is 0 Å². The second-order valence-electron chi connectivity index (χ2n) is 5.51. The van der Waals surface area contributed by atoms with E-state index in [-0.39, 0.29) is 12.0 Å². The van der Waals surface area contributed by atoms with Gasteiger partial charge in [0.25, 0.3) is 5.91 Å². The molecule has 2 N–H and O–H groups in total. The van der Waals surface area contributed by atoms with Gasteiger partial charge in [0.1, 0.15) is 11.5 Å². The van der Waals surface area contributed by atoms with E-state index < -0.39 is 0 Å². The fourth-order valence-electron chi connectivity index (χ4n) is 2.42. The van der Waals surface area contributed by atoms with Crippen molar-refractivity contribution in [1.29, 1.82) is 0 Å². The molecule has 1 aliphatic carbocycles. The van der Waals surface area contributed by atoms with Crippen LogP contribution in [0.4, 0.5) is 5.82 Å². The first-order valence-corrected chi connectivity index (χ1v) is 7.24. The summed E-state index contributed by atoms with van der Waals surface area (Å²) in [6.07, 6.45) is 2.43. The molecule has 0 aliphatic heterocycles. The van der Waals surface area contributed by atoms with E-state index in [0.29, 0.717) is 18.2 Å². The van der Waals surface area contributed by atoms with Crippen LogP contribution in [0.1, 0.15) is 36.7 Å². The number of aromatic nitrogens is 1. The van der Waals surface area contributed by atoms with Crippen molar-refractivity contribution in [2.24, 2.45) is 5.92 Å². The van der Waals surface area contributed by atoms with Gasteiger partial charge in [0, 0.05) is 20.1 Å². The predicted molar refractivity (Wildman–Crippen MR) is 78.7 cm³/mol. The lowest BCUT2D eigenvalue weighted by atomic mass is 9.82. The normalized spacial score (nSPS) is 21.1. The van der Waals surface area contributed by atoms with Crippen LogP contribution in [0.2, 0.25) is 0 Å². The average molecular weight is 277 g/mol. The number of nitrogens with zero attached hydrogens (tertiary/aromatic N) is 2. The van der Waals surface area contributed by atoms with E-state index in [2.05, 4.69) is 17.2 Å². The number of carbonyl (C=O) groups excluding carboxylic acids is 1. The van der Waals surface area contributed by atoms with Crippen LogP contribution in [-0.4, -0.2) is 47.1 Å². The summed E-state index contributed by atoms with van der Waals surface area (Å²) < 4.78 is 0. The molecule has 0 atom stereocenters. The molecule has 5 nitrogen and oxygen atoms in total. The van der Waals surface area contributed by atoms with Gasteiger partial charge < -0.3 is 15.3 Å². The fraction of sp³-hybridized carbons (Fsp3) is 0.600. The number of carbonyl (C=O) groups is 1. The summed E-state index contributed by atoms with van der Waals surface area (Å²) in [7, 11) is 1.79. The summed E-state index contributed by atoms with van der Waals surface area (Å²) in [5, 5.41) is 12.5. The van der Waals surface area contributed by atoms with E-state index in [1.807, 2.05) is 12.1 Å². The van der Waals surface area contributed by atoms with Gasteiger partial charge in [-0.25, -0.2) is 4.98 Å². The molecule has 0 unspecified atom stereocenters. The van der Waals surface area contributed by atoms with Crippen LogP contribution >= 0.6 is 0 Å². The molecule has 0 aromatic carbocycles. The first kappa shape index (κ1) is 14.8. The first-order chi connectivity index (χ1) is 9.60. The van der Waals surface area contributed by atoms with Gasteiger partial charge in [0.15, 0.2) is 0 Å². The Morgan fingerprint density at radius 2 is 2.25 bits per heavy atom. The van der Waals surface area contributed by atoms with Gasteiger partial charge in [-0.05, 0) is 37.3 Å². The number of aliphatic hydroxyl groups excluding tert-OH is 1. The second-order valence-corrected chi connectivity index (χ2v) is 5.51. The molecule has 0 spiro atoms. The highest BCUT2D eigenvalue weighted by molar-refractivity contribution is 5.92. The molecule has 20 heavy (non-hydrogen) atoms. The van der Waals surface area contributed by atoms with Gasteiger partial charge in [-0.3, -0.25) is 4.79 Å². The standard InChI is InChI=1S/C15H23N3O2/c1-3-7-16-14-6-4-5-13(17-14)15(20)18(2)10-11-8-12(19)9-11/h4-6,11-12,19H,3,7-10H2,1-2H3,(H,16,17). The second kappa shape index (κ2) is 6.70. The van der Waals surface area contributed by atoms with Gasteiger partial charge in [-0.15, -0.1) is 0 Å². The third kappa shape index (κ3) is 3.70. The lowest BCUT2D eigenvalue weighted by Gasteiger charge is -2.34. The molecule has 0 bridgehead atoms. The molecule has 1 saturated carbocycles. The molecule has 5 heteroatoms. The van der Waals surface area contributed by atoms with Crippen molar-refractivity contribution < 1.29 is 9.90 Å². The number of hydrogen-bond donors (Lipinski definition) is 2. The summed E-state index contributed by atoms with van der Waals surface area (Å²) in [6, 6.07) is 5.46. The van der Waals surface area contributed by atoms with Crippen LogP contribution in [0.3, 0.4) is 0 Å². The van der Waals surface area contributed by atoms with Crippen molar-refractivity contribution in [1.82, 2.24) is 9.88 Å². The lowest BCUT2D eigenvalue weighted by Crippen LogP contribution is -2.39. The van der Waals surface area contributed by atoms with Gasteiger partial charge in [-0.2, -0.15) is 0 Å². The Hall–Kier alpha value is -1.62. The van der Waals surface area contributed by atoms with Crippen LogP contribution < -0.4 is 5.32 Å². The van der Waals surface area contributed by atoms with Crippen LogP contribution in [0, 0.1) is 5.92 Å². The van der Waals surface area contributed by atoms with Gasteiger partial charge >= 0.3 is 0 Å². The lowest BCUT2D eigenvalue weighted by molar-refractivity contribution is 0.0264. The summed E-state index contributed by atoms with van der Waals surface area (Å²) >= 11 is 0. The maximum atomic E-state index is 12.3. The minimum atomic E-state index is -0.178. The Kier molecular flexibility index (Phi) is 4.95. The molecule has 1 heterocycles. The number of amides is 1. The first-order valence-electron chi connectivity index (χ1n) is 7.24. The topological polar surface area (TPSA) is 65.5 Å². The minimum Gasteiger partial charge on any atom is -0.393 e. The molecular weight excluding hydrogens is 254 g/mol. The third-order valence-corrected chi connectivity index (χ3v) is 3.61. The summed E-state index contributed by atoms with van der Waals surface area (Å²) in [5.74, 6) is 1.09. The molecule has 0 radical (unpaired) electrons. The van der Waals surface area contributed by atoms with E-state index in [0.717, 1.165) is 31.6 Å². The van der Waals surface area contributed by atoms with Gasteiger partial charge in [0.2, 0.25) is 0 Å². The molecule has 110 valence electrons. The zero-order valence-corrected chi connectivity index (χ0v) is 12.2. The Labute approximate surface area is 120 Å². The predicted octanol–water partition coefficient (Wildman–Crippen LogP) is 1.75. The van der Waals surface area contributed by atoms with Crippen LogP contribution in [0.5, 0.6) is 0 Å². The number of rotatable bonds is 6. The number of nitrogens with one attached hydrogen (secondary N) is 1. The SMILES string of the molecule is CCCNc1cccc(C(=O)N(C)CC2CC(O)C2)n1. The highest BCUT2D eigenvalue weighted by atomic mass is 16.3. The van der Waals surface area contributed by atoms with Gasteiger partial charge in [0.05, 0.1) is 6.10 Å². The monoisotopic (exact) mass is 277 g/mol. The largest absolute Gasteiger partial charge is 0.393 e. The minimum absolute atomic E-state index is 0.0634. The Bertz CT molecular complexity index is 458. The number of hydrogen-bond acceptors (Lipinski definition) is 4. The van der Waals surface area contributed by atoms with E-state index in [9.17, 15) is 9.90 Å². The van der Waals surface area contributed by atoms with Gasteiger partial charge in [-0.1, -0.05) is 13.0 Å². The van der Waals surface area contributed by atoms with Crippen molar-refractivity contribution >= 4 is 11.7 Å². The highest BCUT2D eigenvalue weighted by Crippen LogP contribution is 2.27. The van der Waals surface area contributed by atoms with Crippen LogP contribution in [0.25, 0.3) is 0 Å². The maximum absolute atomic E-state index is 12.3.